The lowest BCUT2D eigenvalue weighted by atomic mass is 9.76. The Hall–Kier alpha value is -6.74. The first-order valence-electron chi connectivity index (χ1n) is 22.3. The molecule has 1 saturated carbocycles. The number of hydrogen-bond acceptors (Lipinski definition) is 2. The van der Waals surface area contributed by atoms with Gasteiger partial charge in [-0.2, -0.15) is 0 Å². The average Bonchev–Trinajstić information content (AvgIpc) is 4.09. The van der Waals surface area contributed by atoms with Crippen LogP contribution in [-0.2, 0) is 10.8 Å². The predicted octanol–water partition coefficient (Wildman–Crippen LogP) is 17.2. The van der Waals surface area contributed by atoms with Crippen LogP contribution in [0, 0.1) is 0 Å². The Labute approximate surface area is 367 Å². The van der Waals surface area contributed by atoms with Crippen molar-refractivity contribution < 1.29 is 0 Å². The van der Waals surface area contributed by atoms with E-state index in [4.69, 9.17) is 0 Å². The topological polar surface area (TPSA) is 3.24 Å². The predicted molar refractivity (Wildman–Crippen MR) is 265 cm³/mol. The summed E-state index contributed by atoms with van der Waals surface area (Å²) in [6.07, 6.45) is 4.94. The second kappa shape index (κ2) is 13.4. The summed E-state index contributed by atoms with van der Waals surface area (Å²) in [6.45, 7) is 4.77. The zero-order valence-corrected chi connectivity index (χ0v) is 35.9. The summed E-state index contributed by atoms with van der Waals surface area (Å²) < 4.78 is 2.67. The molecule has 9 aromatic carbocycles. The molecular weight excluding hydrogens is 767 g/mol. The molecule has 0 unspecified atom stereocenters. The van der Waals surface area contributed by atoms with Gasteiger partial charge in [0.25, 0.3) is 0 Å². The first-order valence-corrected chi connectivity index (χ1v) is 23.1. The van der Waals surface area contributed by atoms with E-state index in [0.29, 0.717) is 0 Å². The minimum absolute atomic E-state index is 0.0685. The molecule has 0 bridgehead atoms. The van der Waals surface area contributed by atoms with E-state index in [1.165, 1.54) is 135 Å². The van der Waals surface area contributed by atoms with Crippen LogP contribution < -0.4 is 4.90 Å². The van der Waals surface area contributed by atoms with Gasteiger partial charge in [0.05, 0.1) is 5.69 Å². The van der Waals surface area contributed by atoms with Crippen molar-refractivity contribution in [1.82, 2.24) is 0 Å². The number of rotatable bonds is 5. The van der Waals surface area contributed by atoms with Crippen molar-refractivity contribution in [3.8, 4) is 44.5 Å². The van der Waals surface area contributed by atoms with Crippen molar-refractivity contribution in [2.75, 3.05) is 4.90 Å². The summed E-state index contributed by atoms with van der Waals surface area (Å²) in [7, 11) is 0. The van der Waals surface area contributed by atoms with Gasteiger partial charge in [0.1, 0.15) is 0 Å². The highest BCUT2D eigenvalue weighted by atomic mass is 32.1. The first kappa shape index (κ1) is 36.0. The van der Waals surface area contributed by atoms with Gasteiger partial charge in [0.2, 0.25) is 0 Å². The van der Waals surface area contributed by atoms with E-state index in [2.05, 4.69) is 207 Å². The fourth-order valence-electron chi connectivity index (χ4n) is 12.1. The van der Waals surface area contributed by atoms with Gasteiger partial charge in [-0.15, -0.1) is 11.3 Å². The molecule has 296 valence electrons. The summed E-state index contributed by atoms with van der Waals surface area (Å²) in [6, 6.07) is 71.3. The Balaban J connectivity index is 1.01. The molecule has 1 aromatic heterocycles. The number of anilines is 3. The molecule has 0 amide bonds. The van der Waals surface area contributed by atoms with Gasteiger partial charge in [-0.1, -0.05) is 178 Å². The molecule has 3 aliphatic rings. The lowest BCUT2D eigenvalue weighted by molar-refractivity contribution is 0.550. The van der Waals surface area contributed by atoms with Crippen molar-refractivity contribution in [1.29, 1.82) is 0 Å². The van der Waals surface area contributed by atoms with Crippen LogP contribution in [-0.4, -0.2) is 0 Å². The standard InChI is InChI=1S/C60H45NS/c1-59(2)51-23-8-5-18-45(51)49-22-13-20-42(57(49)59)39-27-30-40(31-28-39)61(41-32-34-46-44-17-6-9-24-52(44)60(53(46)37-41)35-11-12-36-60)54-25-10-7-19-47(54)48-21-14-26-55-56(48)50-33-29-38-15-3-4-16-43(38)58(50)62-55/h3-10,13-34,37H,11-12,35-36H2,1-2H3. The summed E-state index contributed by atoms with van der Waals surface area (Å²) in [4.78, 5) is 2.54. The number of nitrogens with zero attached hydrogens (tertiary/aromatic N) is 1. The molecule has 1 heterocycles. The van der Waals surface area contributed by atoms with Gasteiger partial charge in [-0.05, 0) is 121 Å². The third-order valence-corrected chi connectivity index (χ3v) is 16.0. The Morgan fingerprint density at radius 3 is 1.92 bits per heavy atom. The summed E-state index contributed by atoms with van der Waals surface area (Å²) in [5.41, 5.74) is 19.9. The second-order valence-electron chi connectivity index (χ2n) is 18.3. The molecule has 0 aliphatic heterocycles. The molecule has 1 nitrogen and oxygen atoms in total. The van der Waals surface area contributed by atoms with Gasteiger partial charge in [0.15, 0.2) is 0 Å². The van der Waals surface area contributed by atoms with Gasteiger partial charge in [-0.25, -0.2) is 0 Å². The monoisotopic (exact) mass is 811 g/mol. The fraction of sp³-hybridized carbons (Fsp3) is 0.133. The third kappa shape index (κ3) is 5.02. The molecule has 10 aromatic rings. The largest absolute Gasteiger partial charge is 0.310 e. The fourth-order valence-corrected chi connectivity index (χ4v) is 13.3. The van der Waals surface area contributed by atoms with Gasteiger partial charge in [-0.3, -0.25) is 0 Å². The number of benzene rings is 9. The van der Waals surface area contributed by atoms with Crippen molar-refractivity contribution in [3.63, 3.8) is 0 Å². The lowest BCUT2D eigenvalue weighted by Crippen LogP contribution is -2.21. The number of hydrogen-bond donors (Lipinski definition) is 0. The Morgan fingerprint density at radius 1 is 0.452 bits per heavy atom. The minimum Gasteiger partial charge on any atom is -0.310 e. The molecule has 62 heavy (non-hydrogen) atoms. The number of para-hydroxylation sites is 1. The molecule has 1 fully saturated rings. The van der Waals surface area contributed by atoms with E-state index < -0.39 is 0 Å². The smallest absolute Gasteiger partial charge is 0.0540 e. The first-order chi connectivity index (χ1) is 30.5. The van der Waals surface area contributed by atoms with Crippen molar-refractivity contribution in [2.45, 2.75) is 50.4 Å². The quantitative estimate of drug-likeness (QED) is 0.167. The number of fused-ring (bicyclic) bond motifs is 13. The molecule has 0 atom stereocenters. The van der Waals surface area contributed by atoms with E-state index in [1.807, 2.05) is 11.3 Å². The van der Waals surface area contributed by atoms with Crippen LogP contribution in [0.4, 0.5) is 17.1 Å². The normalized spacial score (nSPS) is 15.3. The molecule has 0 saturated heterocycles. The maximum atomic E-state index is 2.56. The SMILES string of the molecule is CC1(C)c2ccccc2-c2cccc(-c3ccc(N(c4ccc5c(c4)C4(CCCC4)c4ccccc4-5)c4ccccc4-c4cccc5sc6c7ccccc7ccc6c45)cc3)c21. The van der Waals surface area contributed by atoms with Crippen molar-refractivity contribution in [2.24, 2.45) is 0 Å². The van der Waals surface area contributed by atoms with Crippen LogP contribution in [0.3, 0.4) is 0 Å². The van der Waals surface area contributed by atoms with Gasteiger partial charge in [0, 0.05) is 47.9 Å². The summed E-state index contributed by atoms with van der Waals surface area (Å²) in [5.74, 6) is 0. The highest BCUT2D eigenvalue weighted by Gasteiger charge is 2.45. The van der Waals surface area contributed by atoms with Crippen LogP contribution in [0.5, 0.6) is 0 Å². The Kier molecular flexibility index (Phi) is 7.76. The molecular formula is C60H45NS. The maximum Gasteiger partial charge on any atom is 0.0540 e. The van der Waals surface area contributed by atoms with Crippen LogP contribution in [0.1, 0.15) is 61.8 Å². The third-order valence-electron chi connectivity index (χ3n) is 14.8. The van der Waals surface area contributed by atoms with Crippen LogP contribution >= 0.6 is 11.3 Å². The van der Waals surface area contributed by atoms with E-state index in [9.17, 15) is 0 Å². The molecule has 0 N–H and O–H groups in total. The van der Waals surface area contributed by atoms with E-state index >= 15 is 0 Å². The van der Waals surface area contributed by atoms with Gasteiger partial charge < -0.3 is 4.90 Å². The summed E-state index contributed by atoms with van der Waals surface area (Å²) >= 11 is 1.92. The number of thiophene rings is 1. The highest BCUT2D eigenvalue weighted by molar-refractivity contribution is 7.26. The maximum absolute atomic E-state index is 2.56. The molecule has 3 aliphatic carbocycles. The van der Waals surface area contributed by atoms with E-state index in [-0.39, 0.29) is 10.8 Å². The van der Waals surface area contributed by atoms with Crippen LogP contribution in [0.25, 0.3) is 75.5 Å². The highest BCUT2D eigenvalue weighted by Crippen LogP contribution is 2.58. The molecule has 1 spiro atoms. The lowest BCUT2D eigenvalue weighted by Gasteiger charge is -2.31. The zero-order valence-electron chi connectivity index (χ0n) is 35.1. The molecule has 0 radical (unpaired) electrons. The Bertz CT molecular complexity index is 3450. The zero-order chi connectivity index (χ0) is 41.2. The van der Waals surface area contributed by atoms with E-state index in [1.54, 1.807) is 0 Å². The molecule has 2 heteroatoms. The van der Waals surface area contributed by atoms with E-state index in [0.717, 1.165) is 5.69 Å². The summed E-state index contributed by atoms with van der Waals surface area (Å²) in [5, 5.41) is 5.26. The van der Waals surface area contributed by atoms with Crippen LogP contribution in [0.15, 0.2) is 188 Å². The molecule has 13 rings (SSSR count). The minimum atomic E-state index is -0.0938. The van der Waals surface area contributed by atoms with Crippen molar-refractivity contribution in [3.05, 3.63) is 210 Å². The van der Waals surface area contributed by atoms with Crippen molar-refractivity contribution >= 4 is 59.3 Å². The average molecular weight is 812 g/mol. The van der Waals surface area contributed by atoms with Crippen LogP contribution in [0.2, 0.25) is 0 Å². The Morgan fingerprint density at radius 2 is 1.08 bits per heavy atom. The van der Waals surface area contributed by atoms with Gasteiger partial charge >= 0.3 is 0 Å². The second-order valence-corrected chi connectivity index (χ2v) is 19.4.